The Hall–Kier alpha value is -1.75. The molecule has 4 saturated heterocycles. The molecular formula is C23H35NO9. The van der Waals surface area contributed by atoms with Crippen molar-refractivity contribution in [3.8, 4) is 0 Å². The molecule has 0 unspecified atom stereocenters. The van der Waals surface area contributed by atoms with Crippen molar-refractivity contribution in [2.24, 2.45) is 23.7 Å². The third-order valence-corrected chi connectivity index (χ3v) is 7.79. The van der Waals surface area contributed by atoms with E-state index in [9.17, 15) is 14.4 Å². The highest BCUT2D eigenvalue weighted by atomic mass is 17.3. The number of rotatable bonds is 8. The van der Waals surface area contributed by atoms with Gasteiger partial charge in [-0.3, -0.25) is 14.4 Å². The molecule has 4 heterocycles. The van der Waals surface area contributed by atoms with Gasteiger partial charge in [-0.05, 0) is 44.4 Å². The van der Waals surface area contributed by atoms with E-state index in [2.05, 4.69) is 12.2 Å². The monoisotopic (exact) mass is 469 g/mol. The highest BCUT2D eigenvalue weighted by Gasteiger charge is 2.69. The number of amides is 1. The van der Waals surface area contributed by atoms with Crippen LogP contribution in [0.1, 0.15) is 72.1 Å². The number of nitrogens with one attached hydrogen (secondary N) is 1. The van der Waals surface area contributed by atoms with Gasteiger partial charge in [-0.15, -0.1) is 0 Å². The lowest BCUT2D eigenvalue weighted by Crippen LogP contribution is -2.70. The Morgan fingerprint density at radius 2 is 1.85 bits per heavy atom. The fourth-order valence-corrected chi connectivity index (χ4v) is 5.97. The maximum Gasteiger partial charge on any atom is 0.308 e. The molecule has 5 rings (SSSR count). The molecule has 10 heteroatoms. The lowest BCUT2D eigenvalue weighted by molar-refractivity contribution is -0.576. The van der Waals surface area contributed by atoms with Crippen molar-refractivity contribution >= 4 is 17.8 Å². The molecule has 1 saturated carbocycles. The molecule has 0 aromatic carbocycles. The Balaban J connectivity index is 1.35. The molecule has 0 radical (unpaired) electrons. The van der Waals surface area contributed by atoms with E-state index in [0.29, 0.717) is 18.8 Å². The first-order chi connectivity index (χ1) is 15.6. The molecule has 186 valence electrons. The summed E-state index contributed by atoms with van der Waals surface area (Å²) in [6, 6.07) is 0. The number of carbonyl (C=O) groups excluding carboxylic acids is 2. The third-order valence-electron chi connectivity index (χ3n) is 7.79. The maximum absolute atomic E-state index is 12.5. The van der Waals surface area contributed by atoms with Crippen LogP contribution < -0.4 is 5.32 Å². The summed E-state index contributed by atoms with van der Waals surface area (Å²) >= 11 is 0. The van der Waals surface area contributed by atoms with Gasteiger partial charge in [-0.25, -0.2) is 9.78 Å². The van der Waals surface area contributed by atoms with Gasteiger partial charge in [-0.2, -0.15) is 0 Å². The number of carboxylic acid groups (broad SMARTS) is 1. The van der Waals surface area contributed by atoms with Gasteiger partial charge in [0.1, 0.15) is 0 Å². The van der Waals surface area contributed by atoms with Crippen molar-refractivity contribution in [2.75, 3.05) is 6.54 Å². The van der Waals surface area contributed by atoms with Crippen LogP contribution in [-0.2, 0) is 38.4 Å². The molecule has 0 aromatic heterocycles. The number of hydrogen-bond donors (Lipinski definition) is 2. The van der Waals surface area contributed by atoms with Crippen LogP contribution in [0.3, 0.4) is 0 Å². The van der Waals surface area contributed by atoms with Gasteiger partial charge in [0, 0.05) is 37.6 Å². The van der Waals surface area contributed by atoms with Crippen LogP contribution >= 0.6 is 0 Å². The minimum Gasteiger partial charge on any atom is -0.481 e. The number of ether oxygens (including phenoxy) is 3. The zero-order valence-corrected chi connectivity index (χ0v) is 19.5. The van der Waals surface area contributed by atoms with Crippen molar-refractivity contribution < 1.29 is 43.5 Å². The normalized spacial score (nSPS) is 41.5. The van der Waals surface area contributed by atoms with Crippen LogP contribution in [0.2, 0.25) is 0 Å². The van der Waals surface area contributed by atoms with Gasteiger partial charge >= 0.3 is 11.9 Å². The van der Waals surface area contributed by atoms with E-state index < -0.39 is 35.9 Å². The lowest BCUT2D eigenvalue weighted by atomic mass is 9.58. The van der Waals surface area contributed by atoms with Crippen LogP contribution in [0, 0.1) is 23.7 Å². The molecule has 5 fully saturated rings. The third kappa shape index (κ3) is 4.76. The SMILES string of the molecule is C[C@@H]1[C@H](OC(=O)CCC(=O)NCCCC(=O)O)O[C@H]2O[C@]3(C)CC[C@H]4[C@H](C)CC[C@H]1[C@@]24OO3. The van der Waals surface area contributed by atoms with Gasteiger partial charge in [0.05, 0.1) is 6.42 Å². The first kappa shape index (κ1) is 24.4. The van der Waals surface area contributed by atoms with Crippen molar-refractivity contribution in [2.45, 2.75) is 96.1 Å². The fourth-order valence-electron chi connectivity index (χ4n) is 5.97. The van der Waals surface area contributed by atoms with Gasteiger partial charge in [-0.1, -0.05) is 13.8 Å². The minimum atomic E-state index is -0.910. The molecule has 1 amide bonds. The summed E-state index contributed by atoms with van der Waals surface area (Å²) in [5.41, 5.74) is -0.716. The first-order valence-electron chi connectivity index (χ1n) is 12.0. The standard InChI is InChI=1S/C23H35NO9/c1-13-6-7-16-14(2)20(29-19(28)9-8-17(25)24-12-4-5-18(26)27)30-21-23(16)15(13)10-11-22(3,31-21)32-33-23/h13-16,20-21H,4-12H2,1-3H3,(H,24,25)(H,26,27)/t13-,14+,15+,16-,20-,21+,22+,23-/m1/s1. The smallest absolute Gasteiger partial charge is 0.308 e. The predicted octanol–water partition coefficient (Wildman–Crippen LogP) is 2.50. The number of carboxylic acids is 1. The topological polar surface area (TPSA) is 130 Å². The largest absolute Gasteiger partial charge is 0.481 e. The molecule has 0 aromatic rings. The highest BCUT2D eigenvalue weighted by Crippen LogP contribution is 2.60. The van der Waals surface area contributed by atoms with Gasteiger partial charge in [0.2, 0.25) is 18.0 Å². The average molecular weight is 470 g/mol. The Bertz CT molecular complexity index is 775. The van der Waals surface area contributed by atoms with Crippen molar-refractivity contribution in [1.29, 1.82) is 0 Å². The number of esters is 1. The predicted molar refractivity (Wildman–Crippen MR) is 112 cm³/mol. The van der Waals surface area contributed by atoms with Crippen LogP contribution in [0.25, 0.3) is 0 Å². The van der Waals surface area contributed by atoms with Gasteiger partial charge in [0.15, 0.2) is 11.9 Å². The second kappa shape index (κ2) is 9.48. The molecule has 33 heavy (non-hydrogen) atoms. The van der Waals surface area contributed by atoms with Crippen LogP contribution in [0.5, 0.6) is 0 Å². The van der Waals surface area contributed by atoms with E-state index in [1.54, 1.807) is 0 Å². The Kier molecular flexibility index (Phi) is 7.00. The number of hydrogen-bond acceptors (Lipinski definition) is 8. The van der Waals surface area contributed by atoms with Crippen molar-refractivity contribution in [3.63, 3.8) is 0 Å². The molecule has 1 spiro atoms. The fraction of sp³-hybridized carbons (Fsp3) is 0.870. The molecule has 1 aliphatic carbocycles. The summed E-state index contributed by atoms with van der Waals surface area (Å²) < 4.78 is 18.1. The molecule has 2 N–H and O–H groups in total. The summed E-state index contributed by atoms with van der Waals surface area (Å²) in [7, 11) is 0. The van der Waals surface area contributed by atoms with E-state index in [4.69, 9.17) is 29.1 Å². The first-order valence-corrected chi connectivity index (χ1v) is 12.0. The number of fused-ring (bicyclic) bond motifs is 2. The number of carbonyl (C=O) groups is 3. The van der Waals surface area contributed by atoms with Gasteiger partial charge in [0.25, 0.3) is 0 Å². The summed E-state index contributed by atoms with van der Waals surface area (Å²) in [4.78, 5) is 46.8. The zero-order valence-electron chi connectivity index (χ0n) is 19.5. The van der Waals surface area contributed by atoms with E-state index in [1.807, 2.05) is 13.8 Å². The average Bonchev–Trinajstić information content (AvgIpc) is 2.99. The second-order valence-electron chi connectivity index (χ2n) is 10.1. The summed E-state index contributed by atoms with van der Waals surface area (Å²) in [5, 5.41) is 11.2. The summed E-state index contributed by atoms with van der Waals surface area (Å²) in [6.45, 7) is 6.33. The quantitative estimate of drug-likeness (QED) is 0.313. The van der Waals surface area contributed by atoms with E-state index in [1.165, 1.54) is 0 Å². The van der Waals surface area contributed by atoms with E-state index in [-0.39, 0.29) is 49.5 Å². The van der Waals surface area contributed by atoms with Gasteiger partial charge < -0.3 is 24.6 Å². The zero-order chi connectivity index (χ0) is 23.8. The Morgan fingerprint density at radius 3 is 2.61 bits per heavy atom. The molecule has 10 nitrogen and oxygen atoms in total. The van der Waals surface area contributed by atoms with E-state index in [0.717, 1.165) is 19.3 Å². The second-order valence-corrected chi connectivity index (χ2v) is 10.1. The Morgan fingerprint density at radius 1 is 1.06 bits per heavy atom. The summed E-state index contributed by atoms with van der Waals surface area (Å²) in [5.74, 6) is -2.05. The summed E-state index contributed by atoms with van der Waals surface area (Å²) in [6.07, 6.45) is 2.30. The van der Waals surface area contributed by atoms with Crippen molar-refractivity contribution in [1.82, 2.24) is 5.32 Å². The molecule has 4 aliphatic heterocycles. The Labute approximate surface area is 193 Å². The maximum atomic E-state index is 12.5. The minimum absolute atomic E-state index is 0.0153. The highest BCUT2D eigenvalue weighted by molar-refractivity contribution is 5.81. The van der Waals surface area contributed by atoms with Crippen LogP contribution in [0.15, 0.2) is 0 Å². The lowest BCUT2D eigenvalue weighted by Gasteiger charge is -2.59. The molecule has 2 bridgehead atoms. The molecule has 8 atom stereocenters. The molecular weight excluding hydrogens is 434 g/mol. The number of aliphatic carboxylic acids is 1. The van der Waals surface area contributed by atoms with Crippen molar-refractivity contribution in [3.05, 3.63) is 0 Å². The van der Waals surface area contributed by atoms with Crippen LogP contribution in [0.4, 0.5) is 0 Å². The van der Waals surface area contributed by atoms with E-state index >= 15 is 0 Å². The van der Waals surface area contributed by atoms with Crippen LogP contribution in [-0.4, -0.2) is 53.5 Å². The molecule has 5 aliphatic rings.